The second-order valence-corrected chi connectivity index (χ2v) is 5.89. The predicted molar refractivity (Wildman–Crippen MR) is 87.0 cm³/mol. The van der Waals surface area contributed by atoms with Crippen molar-refractivity contribution >= 4 is 0 Å². The molecule has 1 N–H and O–H groups in total. The molecule has 1 aromatic heterocycles. The highest BCUT2D eigenvalue weighted by molar-refractivity contribution is 5.51. The lowest BCUT2D eigenvalue weighted by Gasteiger charge is -2.36. The van der Waals surface area contributed by atoms with E-state index in [1.54, 1.807) is 14.2 Å². The lowest BCUT2D eigenvalue weighted by Crippen LogP contribution is -2.36. The number of methoxy groups -OCH3 is 2. The highest BCUT2D eigenvalue weighted by atomic mass is 16.5. The number of β-amino-alcohol motifs (C(OH)–C–C–N with tert-alkyl or cyclic N) is 1. The van der Waals surface area contributed by atoms with Crippen LogP contribution in [0.5, 0.6) is 11.5 Å². The van der Waals surface area contributed by atoms with Crippen LogP contribution in [-0.2, 0) is 13.0 Å². The van der Waals surface area contributed by atoms with E-state index >= 15 is 0 Å². The van der Waals surface area contributed by atoms with Crippen molar-refractivity contribution in [2.75, 3.05) is 20.8 Å². The summed E-state index contributed by atoms with van der Waals surface area (Å²) in [4.78, 5) is 6.50. The average Bonchev–Trinajstić information content (AvgIpc) is 3.09. The number of hydrogen-bond acceptors (Lipinski definition) is 7. The van der Waals surface area contributed by atoms with E-state index < -0.39 is 6.10 Å². The second-order valence-electron chi connectivity index (χ2n) is 5.89. The lowest BCUT2D eigenvalue weighted by molar-refractivity contribution is 0.0567. The Morgan fingerprint density at radius 2 is 2.04 bits per heavy atom. The van der Waals surface area contributed by atoms with E-state index in [0.717, 1.165) is 23.3 Å². The van der Waals surface area contributed by atoms with Crippen molar-refractivity contribution < 1.29 is 19.1 Å². The van der Waals surface area contributed by atoms with Crippen molar-refractivity contribution in [3.8, 4) is 11.5 Å². The van der Waals surface area contributed by atoms with E-state index in [9.17, 15) is 5.11 Å². The SMILES string of the molecule is CCc1noc([C@H](C)N2Cc3c(OC)ccc(OC)c3[C@H](O)C2)n1. The quantitative estimate of drug-likeness (QED) is 0.899. The maximum atomic E-state index is 10.7. The molecule has 7 nitrogen and oxygen atoms in total. The van der Waals surface area contributed by atoms with Crippen LogP contribution in [0.2, 0.25) is 0 Å². The van der Waals surface area contributed by atoms with Crippen LogP contribution in [0.1, 0.15) is 48.8 Å². The third-order valence-electron chi connectivity index (χ3n) is 4.52. The number of ether oxygens (including phenoxy) is 2. The number of aliphatic hydroxyl groups is 1. The fourth-order valence-corrected chi connectivity index (χ4v) is 3.13. The number of aryl methyl sites for hydroxylation is 1. The van der Waals surface area contributed by atoms with Crippen molar-refractivity contribution in [1.82, 2.24) is 15.0 Å². The molecule has 0 fully saturated rings. The Hall–Kier alpha value is -2.12. The molecule has 1 aromatic carbocycles. The molecule has 1 aliphatic rings. The molecule has 1 aliphatic heterocycles. The molecule has 0 saturated heterocycles. The monoisotopic (exact) mass is 333 g/mol. The molecule has 2 aromatic rings. The number of aliphatic hydroxyl groups excluding tert-OH is 1. The fraction of sp³-hybridized carbons (Fsp3) is 0.529. The highest BCUT2D eigenvalue weighted by Gasteiger charge is 2.33. The molecule has 0 amide bonds. The van der Waals surface area contributed by atoms with Gasteiger partial charge in [0.05, 0.1) is 26.4 Å². The molecule has 0 aliphatic carbocycles. The summed E-state index contributed by atoms with van der Waals surface area (Å²) in [5.41, 5.74) is 1.72. The van der Waals surface area contributed by atoms with Gasteiger partial charge in [-0.1, -0.05) is 12.1 Å². The third-order valence-corrected chi connectivity index (χ3v) is 4.52. The summed E-state index contributed by atoms with van der Waals surface area (Å²) in [5, 5.41) is 14.6. The molecular formula is C17H23N3O4. The largest absolute Gasteiger partial charge is 0.496 e. The fourth-order valence-electron chi connectivity index (χ4n) is 3.13. The van der Waals surface area contributed by atoms with Gasteiger partial charge in [0.15, 0.2) is 5.82 Å². The average molecular weight is 333 g/mol. The number of aromatic nitrogens is 2. The van der Waals surface area contributed by atoms with E-state index in [-0.39, 0.29) is 6.04 Å². The summed E-state index contributed by atoms with van der Waals surface area (Å²) < 4.78 is 16.2. The maximum Gasteiger partial charge on any atom is 0.243 e. The molecule has 0 spiro atoms. The summed E-state index contributed by atoms with van der Waals surface area (Å²) in [7, 11) is 3.23. The minimum atomic E-state index is -0.671. The molecular weight excluding hydrogens is 310 g/mol. The van der Waals surface area contributed by atoms with Gasteiger partial charge in [-0.15, -0.1) is 0 Å². The molecule has 3 rings (SSSR count). The summed E-state index contributed by atoms with van der Waals surface area (Å²) >= 11 is 0. The van der Waals surface area contributed by atoms with E-state index in [1.807, 2.05) is 26.0 Å². The zero-order valence-electron chi connectivity index (χ0n) is 14.4. The molecule has 0 saturated carbocycles. The van der Waals surface area contributed by atoms with Gasteiger partial charge >= 0.3 is 0 Å². The number of fused-ring (bicyclic) bond motifs is 1. The van der Waals surface area contributed by atoms with E-state index in [1.165, 1.54) is 0 Å². The Bertz CT molecular complexity index is 716. The van der Waals surface area contributed by atoms with Gasteiger partial charge in [-0.25, -0.2) is 0 Å². The van der Waals surface area contributed by atoms with Crippen molar-refractivity contribution in [3.63, 3.8) is 0 Å². The first-order chi connectivity index (χ1) is 11.6. The Morgan fingerprint density at radius 1 is 1.33 bits per heavy atom. The smallest absolute Gasteiger partial charge is 0.243 e. The van der Waals surface area contributed by atoms with Gasteiger partial charge in [0, 0.05) is 30.6 Å². The van der Waals surface area contributed by atoms with Crippen molar-refractivity contribution in [2.45, 2.75) is 39.0 Å². The highest BCUT2D eigenvalue weighted by Crippen LogP contribution is 2.41. The molecule has 24 heavy (non-hydrogen) atoms. The van der Waals surface area contributed by atoms with Crippen LogP contribution in [0.3, 0.4) is 0 Å². The number of benzene rings is 1. The van der Waals surface area contributed by atoms with Gasteiger partial charge in [0.2, 0.25) is 5.89 Å². The standard InChI is InChI=1S/C17H23N3O4/c1-5-15-18-17(24-19-15)10(2)20-8-11-13(22-3)6-7-14(23-4)16(11)12(21)9-20/h6-7,10,12,21H,5,8-9H2,1-4H3/t10-,12+/m0/s1. The van der Waals surface area contributed by atoms with Gasteiger partial charge in [-0.3, -0.25) is 4.90 Å². The predicted octanol–water partition coefficient (Wildman–Crippen LogP) is 2.26. The van der Waals surface area contributed by atoms with Crippen LogP contribution in [0, 0.1) is 0 Å². The van der Waals surface area contributed by atoms with Gasteiger partial charge < -0.3 is 19.1 Å². The van der Waals surface area contributed by atoms with Crippen LogP contribution < -0.4 is 9.47 Å². The van der Waals surface area contributed by atoms with Crippen molar-refractivity contribution in [2.24, 2.45) is 0 Å². The Labute approximate surface area is 141 Å². The summed E-state index contributed by atoms with van der Waals surface area (Å²) in [6.45, 7) is 5.05. The first kappa shape index (κ1) is 16.7. The molecule has 2 atom stereocenters. The van der Waals surface area contributed by atoms with Gasteiger partial charge in [0.1, 0.15) is 11.5 Å². The van der Waals surface area contributed by atoms with Crippen molar-refractivity contribution in [1.29, 1.82) is 0 Å². The van der Waals surface area contributed by atoms with Crippen LogP contribution >= 0.6 is 0 Å². The van der Waals surface area contributed by atoms with Crippen LogP contribution in [-0.4, -0.2) is 40.9 Å². The van der Waals surface area contributed by atoms with Crippen LogP contribution in [0.25, 0.3) is 0 Å². The van der Waals surface area contributed by atoms with E-state index in [4.69, 9.17) is 14.0 Å². The minimum Gasteiger partial charge on any atom is -0.496 e. The number of nitrogens with zero attached hydrogens (tertiary/aromatic N) is 3. The zero-order valence-corrected chi connectivity index (χ0v) is 14.4. The lowest BCUT2D eigenvalue weighted by atomic mass is 9.94. The molecule has 0 radical (unpaired) electrons. The Morgan fingerprint density at radius 3 is 2.67 bits per heavy atom. The van der Waals surface area contributed by atoms with E-state index in [2.05, 4.69) is 15.0 Å². The van der Waals surface area contributed by atoms with Gasteiger partial charge in [-0.2, -0.15) is 4.98 Å². The minimum absolute atomic E-state index is 0.100. The molecule has 130 valence electrons. The number of rotatable bonds is 5. The number of hydrogen-bond donors (Lipinski definition) is 1. The zero-order chi connectivity index (χ0) is 17.3. The van der Waals surface area contributed by atoms with Crippen LogP contribution in [0.4, 0.5) is 0 Å². The molecule has 0 unspecified atom stereocenters. The normalized spacial score (nSPS) is 19.0. The second kappa shape index (κ2) is 6.78. The summed E-state index contributed by atoms with van der Waals surface area (Å²) in [6.07, 6.45) is 0.0574. The van der Waals surface area contributed by atoms with Gasteiger partial charge in [-0.05, 0) is 19.1 Å². The Kier molecular flexibility index (Phi) is 4.73. The molecule has 0 bridgehead atoms. The van der Waals surface area contributed by atoms with Gasteiger partial charge in [0.25, 0.3) is 0 Å². The third kappa shape index (κ3) is 2.85. The first-order valence-corrected chi connectivity index (χ1v) is 8.07. The molecule has 2 heterocycles. The topological polar surface area (TPSA) is 80.9 Å². The summed E-state index contributed by atoms with van der Waals surface area (Å²) in [5.74, 6) is 2.66. The van der Waals surface area contributed by atoms with E-state index in [0.29, 0.717) is 30.6 Å². The first-order valence-electron chi connectivity index (χ1n) is 8.07. The molecule has 7 heteroatoms. The van der Waals surface area contributed by atoms with Crippen LogP contribution in [0.15, 0.2) is 16.7 Å². The maximum absolute atomic E-state index is 10.7. The summed E-state index contributed by atoms with van der Waals surface area (Å²) in [6, 6.07) is 3.59. The Balaban J connectivity index is 1.93. The van der Waals surface area contributed by atoms with Crippen molar-refractivity contribution in [3.05, 3.63) is 35.0 Å².